The first-order chi connectivity index (χ1) is 13.2. The Morgan fingerprint density at radius 1 is 1.15 bits per heavy atom. The van der Waals surface area contributed by atoms with E-state index in [2.05, 4.69) is 15.5 Å². The maximum Gasteiger partial charge on any atom is 0.287 e. The molecule has 0 radical (unpaired) electrons. The molecule has 1 N–H and O–H groups in total. The van der Waals surface area contributed by atoms with Gasteiger partial charge >= 0.3 is 0 Å². The molecule has 0 spiro atoms. The molecule has 1 aromatic carbocycles. The minimum absolute atomic E-state index is 0.272. The van der Waals surface area contributed by atoms with Crippen LogP contribution in [-0.2, 0) is 5.54 Å². The third kappa shape index (κ3) is 3.45. The number of methoxy groups -OCH3 is 1. The number of hydrogen-bond donors (Lipinski definition) is 1. The van der Waals surface area contributed by atoms with E-state index < -0.39 is 5.54 Å². The monoisotopic (exact) mass is 367 g/mol. The molecule has 0 atom stereocenters. The summed E-state index contributed by atoms with van der Waals surface area (Å²) < 4.78 is 16.0. The minimum atomic E-state index is -0.667. The molecule has 1 fully saturated rings. The summed E-state index contributed by atoms with van der Waals surface area (Å²) in [5, 5.41) is 7.22. The second kappa shape index (κ2) is 7.26. The van der Waals surface area contributed by atoms with Crippen molar-refractivity contribution in [3.05, 3.63) is 54.3 Å². The SMILES string of the molecule is COc1ccc(-c2noc(C3(NC(=O)c4ccco4)CCCCC3)n2)cc1. The number of carbonyl (C=O) groups is 1. The molecule has 0 saturated heterocycles. The second-order valence-electron chi connectivity index (χ2n) is 6.73. The first kappa shape index (κ1) is 17.3. The van der Waals surface area contributed by atoms with Crippen molar-refractivity contribution in [1.82, 2.24) is 15.5 Å². The molecule has 1 aliphatic rings. The second-order valence-corrected chi connectivity index (χ2v) is 6.73. The van der Waals surface area contributed by atoms with Gasteiger partial charge in [0.2, 0.25) is 5.82 Å². The lowest BCUT2D eigenvalue weighted by atomic mass is 9.81. The predicted molar refractivity (Wildman–Crippen MR) is 97.2 cm³/mol. The largest absolute Gasteiger partial charge is 0.497 e. The average Bonchev–Trinajstić information content (AvgIpc) is 3.41. The Morgan fingerprint density at radius 3 is 2.59 bits per heavy atom. The Hall–Kier alpha value is -3.09. The van der Waals surface area contributed by atoms with Gasteiger partial charge in [-0.3, -0.25) is 4.79 Å². The van der Waals surface area contributed by atoms with Crippen LogP contribution in [0.25, 0.3) is 11.4 Å². The zero-order valence-corrected chi connectivity index (χ0v) is 15.1. The maximum atomic E-state index is 12.6. The molecule has 7 nitrogen and oxygen atoms in total. The molecular weight excluding hydrogens is 346 g/mol. The lowest BCUT2D eigenvalue weighted by Crippen LogP contribution is -2.47. The molecular formula is C20H21N3O4. The Balaban J connectivity index is 1.62. The summed E-state index contributed by atoms with van der Waals surface area (Å²) >= 11 is 0. The molecule has 140 valence electrons. The Kier molecular flexibility index (Phi) is 4.66. The van der Waals surface area contributed by atoms with Gasteiger partial charge in [0.15, 0.2) is 5.76 Å². The number of rotatable bonds is 5. The van der Waals surface area contributed by atoms with Crippen LogP contribution >= 0.6 is 0 Å². The Morgan fingerprint density at radius 2 is 1.93 bits per heavy atom. The molecule has 27 heavy (non-hydrogen) atoms. The Bertz CT molecular complexity index is 894. The van der Waals surface area contributed by atoms with Gasteiger partial charge in [-0.15, -0.1) is 0 Å². The van der Waals surface area contributed by atoms with E-state index in [-0.39, 0.29) is 11.7 Å². The van der Waals surface area contributed by atoms with E-state index in [0.29, 0.717) is 11.7 Å². The number of ether oxygens (including phenoxy) is 1. The number of benzene rings is 1. The van der Waals surface area contributed by atoms with Crippen molar-refractivity contribution in [2.45, 2.75) is 37.6 Å². The highest BCUT2D eigenvalue weighted by atomic mass is 16.5. The molecule has 4 rings (SSSR count). The van der Waals surface area contributed by atoms with Crippen LogP contribution in [0.1, 0.15) is 48.5 Å². The molecule has 1 aliphatic carbocycles. The van der Waals surface area contributed by atoms with E-state index in [1.807, 2.05) is 24.3 Å². The van der Waals surface area contributed by atoms with E-state index in [1.54, 1.807) is 19.2 Å². The smallest absolute Gasteiger partial charge is 0.287 e. The minimum Gasteiger partial charge on any atom is -0.497 e. The van der Waals surface area contributed by atoms with Crippen molar-refractivity contribution in [3.8, 4) is 17.1 Å². The van der Waals surface area contributed by atoms with Crippen molar-refractivity contribution in [3.63, 3.8) is 0 Å². The van der Waals surface area contributed by atoms with Crippen LogP contribution < -0.4 is 10.1 Å². The number of furan rings is 1. The zero-order chi connectivity index (χ0) is 18.7. The van der Waals surface area contributed by atoms with Crippen LogP contribution in [0, 0.1) is 0 Å². The van der Waals surface area contributed by atoms with Gasteiger partial charge in [-0.25, -0.2) is 0 Å². The van der Waals surface area contributed by atoms with Crippen molar-refractivity contribution in [1.29, 1.82) is 0 Å². The molecule has 0 aliphatic heterocycles. The molecule has 2 aromatic heterocycles. The summed E-state index contributed by atoms with van der Waals surface area (Å²) in [6, 6.07) is 10.8. The lowest BCUT2D eigenvalue weighted by molar-refractivity contribution is 0.0796. The topological polar surface area (TPSA) is 90.4 Å². The first-order valence-electron chi connectivity index (χ1n) is 9.05. The molecule has 2 heterocycles. The molecule has 7 heteroatoms. The van der Waals surface area contributed by atoms with Gasteiger partial charge in [-0.05, 0) is 49.2 Å². The predicted octanol–water partition coefficient (Wildman–Crippen LogP) is 3.93. The summed E-state index contributed by atoms with van der Waals surface area (Å²) in [6.45, 7) is 0. The van der Waals surface area contributed by atoms with Crippen molar-refractivity contribution in [2.75, 3.05) is 7.11 Å². The number of nitrogens with one attached hydrogen (secondary N) is 1. The number of amides is 1. The van der Waals surface area contributed by atoms with Crippen LogP contribution in [0.2, 0.25) is 0 Å². The maximum absolute atomic E-state index is 12.6. The van der Waals surface area contributed by atoms with Gasteiger partial charge in [0.05, 0.1) is 13.4 Å². The highest BCUT2D eigenvalue weighted by Crippen LogP contribution is 2.37. The van der Waals surface area contributed by atoms with E-state index in [1.165, 1.54) is 6.26 Å². The summed E-state index contributed by atoms with van der Waals surface area (Å²) in [5.41, 5.74) is 0.161. The van der Waals surface area contributed by atoms with E-state index in [4.69, 9.17) is 13.7 Å². The van der Waals surface area contributed by atoms with Gasteiger partial charge < -0.3 is 19.0 Å². The van der Waals surface area contributed by atoms with Gasteiger partial charge in [0, 0.05) is 5.56 Å². The van der Waals surface area contributed by atoms with Gasteiger partial charge in [0.1, 0.15) is 11.3 Å². The first-order valence-corrected chi connectivity index (χ1v) is 9.05. The lowest BCUT2D eigenvalue weighted by Gasteiger charge is -2.34. The number of carbonyl (C=O) groups excluding carboxylic acids is 1. The van der Waals surface area contributed by atoms with Gasteiger partial charge in [-0.1, -0.05) is 24.4 Å². The van der Waals surface area contributed by atoms with Crippen molar-refractivity contribution >= 4 is 5.91 Å². The fourth-order valence-electron chi connectivity index (χ4n) is 3.51. The third-order valence-corrected chi connectivity index (χ3v) is 4.99. The average molecular weight is 367 g/mol. The molecule has 0 unspecified atom stereocenters. The van der Waals surface area contributed by atoms with E-state index in [0.717, 1.165) is 43.4 Å². The van der Waals surface area contributed by atoms with Crippen LogP contribution in [0.4, 0.5) is 0 Å². The fourth-order valence-corrected chi connectivity index (χ4v) is 3.51. The van der Waals surface area contributed by atoms with Crippen molar-refractivity contribution in [2.24, 2.45) is 0 Å². The summed E-state index contributed by atoms with van der Waals surface area (Å²) in [5.74, 6) is 1.69. The quantitative estimate of drug-likeness (QED) is 0.735. The molecule has 3 aromatic rings. The fraction of sp³-hybridized carbons (Fsp3) is 0.350. The van der Waals surface area contributed by atoms with E-state index >= 15 is 0 Å². The van der Waals surface area contributed by atoms with Crippen LogP contribution in [0.15, 0.2) is 51.6 Å². The highest BCUT2D eigenvalue weighted by Gasteiger charge is 2.41. The normalized spacial score (nSPS) is 16.0. The van der Waals surface area contributed by atoms with Gasteiger partial charge in [-0.2, -0.15) is 4.98 Å². The van der Waals surface area contributed by atoms with Crippen LogP contribution in [0.3, 0.4) is 0 Å². The van der Waals surface area contributed by atoms with Crippen LogP contribution in [-0.4, -0.2) is 23.2 Å². The number of aromatic nitrogens is 2. The van der Waals surface area contributed by atoms with Gasteiger partial charge in [0.25, 0.3) is 11.8 Å². The Labute approximate surface area is 156 Å². The number of nitrogens with zero attached hydrogens (tertiary/aromatic N) is 2. The molecule has 1 amide bonds. The number of hydrogen-bond acceptors (Lipinski definition) is 6. The molecule has 0 bridgehead atoms. The highest BCUT2D eigenvalue weighted by molar-refractivity contribution is 5.91. The zero-order valence-electron chi connectivity index (χ0n) is 15.1. The van der Waals surface area contributed by atoms with Crippen molar-refractivity contribution < 1.29 is 18.5 Å². The summed E-state index contributed by atoms with van der Waals surface area (Å²) in [4.78, 5) is 17.2. The third-order valence-electron chi connectivity index (χ3n) is 4.99. The summed E-state index contributed by atoms with van der Waals surface area (Å²) in [7, 11) is 1.62. The standard InChI is InChI=1S/C20H21N3O4/c1-25-15-9-7-14(8-10-15)17-21-19(27-23-17)20(11-3-2-4-12-20)22-18(24)16-6-5-13-26-16/h5-10,13H,2-4,11-12H2,1H3,(H,22,24). The van der Waals surface area contributed by atoms with E-state index in [9.17, 15) is 4.79 Å². The summed E-state index contributed by atoms with van der Waals surface area (Å²) in [6.07, 6.45) is 6.08. The van der Waals surface area contributed by atoms with Crippen LogP contribution in [0.5, 0.6) is 5.75 Å². The molecule has 1 saturated carbocycles.